The Morgan fingerprint density at radius 2 is 1.95 bits per heavy atom. The lowest BCUT2D eigenvalue weighted by atomic mass is 9.84. The molecule has 0 radical (unpaired) electrons. The third-order valence-electron chi connectivity index (χ3n) is 8.60. The van der Waals surface area contributed by atoms with Gasteiger partial charge in [0, 0.05) is 56.7 Å². The van der Waals surface area contributed by atoms with Crippen LogP contribution < -0.4 is 15.6 Å². The number of aryl methyl sites for hydroxylation is 2. The molecule has 3 aromatic rings. The molecule has 1 saturated heterocycles. The van der Waals surface area contributed by atoms with Gasteiger partial charge in [0.2, 0.25) is 0 Å². The molecule has 5 rings (SSSR count). The molecule has 9 heteroatoms. The lowest BCUT2D eigenvalue weighted by Gasteiger charge is -2.32. The van der Waals surface area contributed by atoms with Gasteiger partial charge in [-0.2, -0.15) is 0 Å². The third-order valence-corrected chi connectivity index (χ3v) is 8.60. The summed E-state index contributed by atoms with van der Waals surface area (Å²) in [7, 11) is 1.77. The maximum Gasteiger partial charge on any atom is 0.323 e. The number of nitrogens with one attached hydrogen (secondary N) is 1. The van der Waals surface area contributed by atoms with Crippen molar-refractivity contribution in [2.75, 3.05) is 26.4 Å². The van der Waals surface area contributed by atoms with Gasteiger partial charge in [0.15, 0.2) is 0 Å². The minimum atomic E-state index is -0.935. The standard InChI is InChI=1S/C30H40N4O5/c1-20-16-22(19-33(3)28(20)35)27-32-25-17-24(8-9-26(25)34(27)18-21-10-13-38-14-11-21)39-15-12-31-30(2,29(36)37)23-6-4-5-7-23/h8-9,16-17,19,21,23,31H,4-7,10-15,18H2,1-3H3,(H,36,37). The molecule has 210 valence electrons. The summed E-state index contributed by atoms with van der Waals surface area (Å²) >= 11 is 0. The van der Waals surface area contributed by atoms with Crippen LogP contribution in [0.4, 0.5) is 0 Å². The van der Waals surface area contributed by atoms with E-state index >= 15 is 0 Å². The quantitative estimate of drug-likeness (QED) is 0.375. The van der Waals surface area contributed by atoms with E-state index in [1.54, 1.807) is 18.5 Å². The van der Waals surface area contributed by atoms with E-state index in [-0.39, 0.29) is 11.5 Å². The topological polar surface area (TPSA) is 108 Å². The van der Waals surface area contributed by atoms with Crippen LogP contribution in [0.2, 0.25) is 0 Å². The van der Waals surface area contributed by atoms with Crippen LogP contribution in [0.15, 0.2) is 35.3 Å². The van der Waals surface area contributed by atoms with Crippen LogP contribution in [0.5, 0.6) is 5.75 Å². The smallest absolute Gasteiger partial charge is 0.323 e. The molecule has 2 aliphatic rings. The summed E-state index contributed by atoms with van der Waals surface area (Å²) in [6, 6.07) is 7.86. The first-order chi connectivity index (χ1) is 18.8. The second kappa shape index (κ2) is 11.5. The Bertz CT molecular complexity index is 1360. The fraction of sp³-hybridized carbons (Fsp3) is 0.567. The molecule has 39 heavy (non-hydrogen) atoms. The van der Waals surface area contributed by atoms with E-state index in [4.69, 9.17) is 14.5 Å². The molecule has 1 atom stereocenters. The summed E-state index contributed by atoms with van der Waals surface area (Å²) in [5.74, 6) is 1.37. The molecule has 2 N–H and O–H groups in total. The molecule has 1 saturated carbocycles. The maximum atomic E-state index is 12.3. The number of aliphatic carboxylic acids is 1. The number of carboxylic acid groups (broad SMARTS) is 1. The summed E-state index contributed by atoms with van der Waals surface area (Å²) in [6.45, 7) is 6.81. The molecule has 2 aromatic heterocycles. The zero-order valence-electron chi connectivity index (χ0n) is 23.2. The van der Waals surface area contributed by atoms with Gasteiger partial charge < -0.3 is 23.7 Å². The highest BCUT2D eigenvalue weighted by Crippen LogP contribution is 2.34. The number of benzene rings is 1. The molecule has 1 aliphatic carbocycles. The largest absolute Gasteiger partial charge is 0.492 e. The monoisotopic (exact) mass is 536 g/mol. The first-order valence-corrected chi connectivity index (χ1v) is 14.1. The predicted octanol–water partition coefficient (Wildman–Crippen LogP) is 4.14. The summed E-state index contributed by atoms with van der Waals surface area (Å²) in [6.07, 6.45) is 7.94. The van der Waals surface area contributed by atoms with Crippen LogP contribution in [0.3, 0.4) is 0 Å². The summed E-state index contributed by atoms with van der Waals surface area (Å²) in [5, 5.41) is 13.1. The fourth-order valence-corrected chi connectivity index (χ4v) is 6.17. The Morgan fingerprint density at radius 1 is 1.21 bits per heavy atom. The Kier molecular flexibility index (Phi) is 8.09. The number of hydrogen-bond acceptors (Lipinski definition) is 6. The van der Waals surface area contributed by atoms with Crippen LogP contribution in [0.1, 0.15) is 51.0 Å². The van der Waals surface area contributed by atoms with Crippen molar-refractivity contribution in [3.8, 4) is 17.1 Å². The highest BCUT2D eigenvalue weighted by atomic mass is 16.5. The van der Waals surface area contributed by atoms with Crippen LogP contribution in [-0.4, -0.2) is 57.1 Å². The van der Waals surface area contributed by atoms with E-state index in [1.165, 1.54) is 0 Å². The lowest BCUT2D eigenvalue weighted by molar-refractivity contribution is -0.146. The van der Waals surface area contributed by atoms with Crippen molar-refractivity contribution in [1.29, 1.82) is 0 Å². The van der Waals surface area contributed by atoms with Crippen LogP contribution in [-0.2, 0) is 23.1 Å². The van der Waals surface area contributed by atoms with Crippen molar-refractivity contribution in [2.24, 2.45) is 18.9 Å². The molecular formula is C30H40N4O5. The second-order valence-corrected chi connectivity index (χ2v) is 11.3. The van der Waals surface area contributed by atoms with E-state index in [0.29, 0.717) is 30.4 Å². The number of pyridine rings is 1. The van der Waals surface area contributed by atoms with Gasteiger partial charge in [-0.3, -0.25) is 14.9 Å². The number of carboxylic acids is 1. The minimum absolute atomic E-state index is 0.0120. The Balaban J connectivity index is 1.36. The highest BCUT2D eigenvalue weighted by molar-refractivity contribution is 5.82. The van der Waals surface area contributed by atoms with E-state index in [9.17, 15) is 14.7 Å². The average molecular weight is 537 g/mol. The van der Waals surface area contributed by atoms with Crippen molar-refractivity contribution in [3.63, 3.8) is 0 Å². The molecular weight excluding hydrogens is 496 g/mol. The van der Waals surface area contributed by atoms with Crippen LogP contribution >= 0.6 is 0 Å². The molecule has 0 spiro atoms. The van der Waals surface area contributed by atoms with Gasteiger partial charge in [-0.05, 0) is 69.6 Å². The van der Waals surface area contributed by atoms with Crippen molar-refractivity contribution >= 4 is 17.0 Å². The number of aromatic nitrogens is 3. The lowest BCUT2D eigenvalue weighted by Crippen LogP contribution is -2.55. The molecule has 1 unspecified atom stereocenters. The van der Waals surface area contributed by atoms with E-state index < -0.39 is 11.5 Å². The molecule has 2 fully saturated rings. The van der Waals surface area contributed by atoms with Crippen molar-refractivity contribution < 1.29 is 19.4 Å². The van der Waals surface area contributed by atoms with Gasteiger partial charge in [0.25, 0.3) is 5.56 Å². The van der Waals surface area contributed by atoms with E-state index in [0.717, 1.165) is 80.7 Å². The van der Waals surface area contributed by atoms with Gasteiger partial charge in [-0.25, -0.2) is 4.98 Å². The van der Waals surface area contributed by atoms with E-state index in [1.807, 2.05) is 37.4 Å². The Morgan fingerprint density at radius 3 is 2.64 bits per heavy atom. The number of ether oxygens (including phenoxy) is 2. The molecule has 3 heterocycles. The zero-order chi connectivity index (χ0) is 27.6. The van der Waals surface area contributed by atoms with Gasteiger partial charge in [0.1, 0.15) is 23.7 Å². The average Bonchev–Trinajstić information content (AvgIpc) is 3.59. The maximum absolute atomic E-state index is 12.3. The van der Waals surface area contributed by atoms with Gasteiger partial charge in [-0.1, -0.05) is 12.8 Å². The summed E-state index contributed by atoms with van der Waals surface area (Å²) < 4.78 is 15.5. The van der Waals surface area contributed by atoms with E-state index in [2.05, 4.69) is 9.88 Å². The first kappa shape index (κ1) is 27.4. The molecule has 1 aromatic carbocycles. The Labute approximate surface area is 229 Å². The molecule has 1 aliphatic heterocycles. The van der Waals surface area contributed by atoms with Crippen molar-refractivity contribution in [2.45, 2.75) is 64.5 Å². The number of carbonyl (C=O) groups is 1. The zero-order valence-corrected chi connectivity index (χ0v) is 23.2. The number of hydrogen-bond donors (Lipinski definition) is 2. The second-order valence-electron chi connectivity index (χ2n) is 11.3. The third kappa shape index (κ3) is 5.75. The number of imidazole rings is 1. The number of fused-ring (bicyclic) bond motifs is 1. The predicted molar refractivity (Wildman–Crippen MR) is 150 cm³/mol. The SMILES string of the molecule is Cc1cc(-c2nc3cc(OCCNC(C)(C(=O)O)C4CCCC4)ccc3n2CC2CCOCC2)cn(C)c1=O. The van der Waals surface area contributed by atoms with Gasteiger partial charge in [0.05, 0.1) is 11.0 Å². The molecule has 9 nitrogen and oxygen atoms in total. The van der Waals surface area contributed by atoms with Gasteiger partial charge >= 0.3 is 5.97 Å². The highest BCUT2D eigenvalue weighted by Gasteiger charge is 2.42. The molecule has 0 amide bonds. The minimum Gasteiger partial charge on any atom is -0.492 e. The summed E-state index contributed by atoms with van der Waals surface area (Å²) in [4.78, 5) is 29.4. The molecule has 0 bridgehead atoms. The first-order valence-electron chi connectivity index (χ1n) is 14.1. The normalized spacial score (nSPS) is 18.4. The van der Waals surface area contributed by atoms with Crippen molar-refractivity contribution in [3.05, 3.63) is 46.4 Å². The fourth-order valence-electron chi connectivity index (χ4n) is 6.17. The summed E-state index contributed by atoms with van der Waals surface area (Å²) in [5.41, 5.74) is 2.49. The number of nitrogens with zero attached hydrogens (tertiary/aromatic N) is 3. The number of rotatable bonds is 10. The van der Waals surface area contributed by atoms with Crippen molar-refractivity contribution in [1.82, 2.24) is 19.4 Å². The Hall–Kier alpha value is -3.17. The van der Waals surface area contributed by atoms with Gasteiger partial charge in [-0.15, -0.1) is 0 Å². The van der Waals surface area contributed by atoms with Crippen LogP contribution in [0, 0.1) is 18.8 Å². The van der Waals surface area contributed by atoms with Crippen LogP contribution in [0.25, 0.3) is 22.4 Å².